The molecule has 34 heavy (non-hydrogen) atoms. The number of aromatic nitrogens is 2. The molecule has 2 aliphatic rings. The average Bonchev–Trinajstić information content (AvgIpc) is 3.56. The number of amides is 1. The minimum absolute atomic E-state index is 0.00785. The summed E-state index contributed by atoms with van der Waals surface area (Å²) in [5.74, 6) is 1.08. The second-order valence-electron chi connectivity index (χ2n) is 8.89. The van der Waals surface area contributed by atoms with E-state index in [9.17, 15) is 13.2 Å². The van der Waals surface area contributed by atoms with Gasteiger partial charge in [-0.05, 0) is 62.1 Å². The van der Waals surface area contributed by atoms with Gasteiger partial charge in [0.25, 0.3) is 0 Å². The lowest BCUT2D eigenvalue weighted by molar-refractivity contribution is -0.122. The second-order valence-corrected chi connectivity index (χ2v) is 11.4. The van der Waals surface area contributed by atoms with Crippen LogP contribution in [0.1, 0.15) is 19.8 Å². The smallest absolute Gasteiger partial charge is 0.242 e. The van der Waals surface area contributed by atoms with E-state index in [2.05, 4.69) is 38.8 Å². The highest BCUT2D eigenvalue weighted by Crippen LogP contribution is 2.33. The maximum atomic E-state index is 13.5. The lowest BCUT2D eigenvalue weighted by Gasteiger charge is -2.33. The number of carbonyl (C=O) groups is 1. The summed E-state index contributed by atoms with van der Waals surface area (Å²) < 4.78 is 23.6. The van der Waals surface area contributed by atoms with E-state index in [-0.39, 0.29) is 22.8 Å². The number of rotatable bonds is 6. The third kappa shape index (κ3) is 4.50. The lowest BCUT2D eigenvalue weighted by atomic mass is 9.98. The minimum atomic E-state index is -3.83. The van der Waals surface area contributed by atoms with Crippen molar-refractivity contribution in [3.05, 3.63) is 53.9 Å². The molecule has 2 aliphatic heterocycles. The number of hydrogen-bond donors (Lipinski definition) is 3. The van der Waals surface area contributed by atoms with Crippen molar-refractivity contribution in [2.24, 2.45) is 11.1 Å². The summed E-state index contributed by atoms with van der Waals surface area (Å²) in [7, 11) is -3.83. The van der Waals surface area contributed by atoms with Crippen molar-refractivity contribution in [1.82, 2.24) is 15.1 Å². The molecule has 0 radical (unpaired) electrons. The van der Waals surface area contributed by atoms with Gasteiger partial charge in [-0.15, -0.1) is 11.8 Å². The van der Waals surface area contributed by atoms with Crippen molar-refractivity contribution in [2.75, 3.05) is 17.6 Å². The van der Waals surface area contributed by atoms with Gasteiger partial charge in [0.05, 0.1) is 16.5 Å². The van der Waals surface area contributed by atoms with Crippen LogP contribution in [0.4, 0.5) is 5.69 Å². The molecule has 0 saturated carbocycles. The molecule has 10 heteroatoms. The Bertz CT molecular complexity index is 1370. The Kier molecular flexibility index (Phi) is 6.24. The number of sulfonamides is 1. The molecule has 0 aliphatic carbocycles. The van der Waals surface area contributed by atoms with Crippen LogP contribution in [0.3, 0.4) is 0 Å². The van der Waals surface area contributed by atoms with Crippen LogP contribution < -0.4 is 10.5 Å². The number of benzene rings is 2. The van der Waals surface area contributed by atoms with Gasteiger partial charge >= 0.3 is 0 Å². The Morgan fingerprint density at radius 1 is 1.29 bits per heavy atom. The predicted molar refractivity (Wildman–Crippen MR) is 136 cm³/mol. The molecular formula is C24H27N5O3S2. The number of anilines is 1. The molecule has 3 heterocycles. The third-order valence-electron chi connectivity index (χ3n) is 6.61. The summed E-state index contributed by atoms with van der Waals surface area (Å²) in [5.41, 5.74) is 2.68. The number of primary sulfonamides is 1. The van der Waals surface area contributed by atoms with Crippen molar-refractivity contribution in [3.8, 4) is 11.3 Å². The van der Waals surface area contributed by atoms with Gasteiger partial charge in [-0.3, -0.25) is 14.8 Å². The monoisotopic (exact) mass is 497 g/mol. The number of hydrogen-bond acceptors (Lipinski definition) is 6. The van der Waals surface area contributed by atoms with Crippen LogP contribution in [0.25, 0.3) is 22.2 Å². The fourth-order valence-electron chi connectivity index (χ4n) is 4.88. The summed E-state index contributed by atoms with van der Waals surface area (Å²) in [6.07, 6.45) is 4.36. The van der Waals surface area contributed by atoms with E-state index in [4.69, 9.17) is 5.14 Å². The number of thioether (sulfide) groups is 1. The first-order valence-electron chi connectivity index (χ1n) is 11.3. The molecule has 5 rings (SSSR count). The van der Waals surface area contributed by atoms with Gasteiger partial charge in [-0.1, -0.05) is 18.2 Å². The number of aromatic amines is 1. The molecule has 1 unspecified atom stereocenters. The van der Waals surface area contributed by atoms with Crippen LogP contribution in [0.15, 0.2) is 58.8 Å². The van der Waals surface area contributed by atoms with E-state index in [1.54, 1.807) is 23.9 Å². The summed E-state index contributed by atoms with van der Waals surface area (Å²) in [4.78, 5) is 15.9. The largest absolute Gasteiger partial charge is 0.325 e. The molecule has 0 spiro atoms. The number of nitrogens with one attached hydrogen (secondary N) is 2. The summed E-state index contributed by atoms with van der Waals surface area (Å²) >= 11 is 1.75. The molecule has 1 aromatic heterocycles. The second kappa shape index (κ2) is 9.18. The van der Waals surface area contributed by atoms with E-state index < -0.39 is 10.0 Å². The van der Waals surface area contributed by atoms with Crippen molar-refractivity contribution >= 4 is 44.3 Å². The zero-order valence-corrected chi connectivity index (χ0v) is 20.4. The van der Waals surface area contributed by atoms with Crippen molar-refractivity contribution < 1.29 is 13.2 Å². The Morgan fingerprint density at radius 2 is 2.15 bits per heavy atom. The Hall–Kier alpha value is -2.66. The number of carbonyl (C=O) groups excluding carboxylic acids is 1. The highest BCUT2D eigenvalue weighted by atomic mass is 32.2. The summed E-state index contributed by atoms with van der Waals surface area (Å²) in [6.45, 7) is 3.12. The fourth-order valence-corrected chi connectivity index (χ4v) is 6.38. The Balaban J connectivity index is 1.45. The molecule has 1 saturated heterocycles. The standard InChI is InChI=1S/C24H27N5O3S2/c1-15-4-3-10-29(15)23(17-9-11-33-14-17)24(30)26-18-7-8-21-20(13-18)22(28-27-21)16-5-2-6-19(12-16)34(25,31)32/h2,5-9,11-13,15,17,23H,3-4,10,14H2,1H3,(H,26,30)(H,27,28)(H2,25,31,32)/t15-,17?,23-/m1/s1. The van der Waals surface area contributed by atoms with Crippen LogP contribution in [0.5, 0.6) is 0 Å². The molecule has 0 bridgehead atoms. The minimum Gasteiger partial charge on any atom is -0.325 e. The van der Waals surface area contributed by atoms with Gasteiger partial charge < -0.3 is 5.32 Å². The van der Waals surface area contributed by atoms with E-state index in [0.717, 1.165) is 36.0 Å². The number of likely N-dealkylation sites (tertiary alicyclic amines) is 1. The van der Waals surface area contributed by atoms with Crippen LogP contribution in [0.2, 0.25) is 0 Å². The maximum Gasteiger partial charge on any atom is 0.242 e. The molecule has 3 atom stereocenters. The topological polar surface area (TPSA) is 121 Å². The van der Waals surface area contributed by atoms with Crippen molar-refractivity contribution in [1.29, 1.82) is 0 Å². The quantitative estimate of drug-likeness (QED) is 0.479. The number of H-pyrrole nitrogens is 1. The number of fused-ring (bicyclic) bond motifs is 1. The number of nitrogens with zero attached hydrogens (tertiary/aromatic N) is 2. The van der Waals surface area contributed by atoms with Gasteiger partial charge in [0.1, 0.15) is 5.69 Å². The molecule has 2 aromatic carbocycles. The van der Waals surface area contributed by atoms with Gasteiger partial charge in [0.2, 0.25) is 15.9 Å². The highest BCUT2D eigenvalue weighted by molar-refractivity contribution is 8.02. The van der Waals surface area contributed by atoms with Gasteiger partial charge in [-0.25, -0.2) is 13.6 Å². The van der Waals surface area contributed by atoms with E-state index in [1.807, 2.05) is 18.2 Å². The van der Waals surface area contributed by atoms with Gasteiger partial charge in [-0.2, -0.15) is 5.10 Å². The summed E-state index contributed by atoms with van der Waals surface area (Å²) in [6, 6.07) is 12.1. The van der Waals surface area contributed by atoms with Crippen LogP contribution in [-0.4, -0.2) is 53.8 Å². The molecule has 178 valence electrons. The van der Waals surface area contributed by atoms with Gasteiger partial charge in [0, 0.05) is 34.3 Å². The van der Waals surface area contributed by atoms with Crippen molar-refractivity contribution in [3.63, 3.8) is 0 Å². The SMILES string of the molecule is C[C@@H]1CCCN1[C@@H](C(=O)Nc1ccc2[nH]nc(-c3cccc(S(N)(=O)=O)c3)c2c1)C1C=CSC1. The number of nitrogens with two attached hydrogens (primary N) is 1. The zero-order chi connectivity index (χ0) is 23.9. The maximum absolute atomic E-state index is 13.5. The van der Waals surface area contributed by atoms with Crippen molar-refractivity contribution in [2.45, 2.75) is 36.7 Å². The molecule has 1 amide bonds. The lowest BCUT2D eigenvalue weighted by Crippen LogP contribution is -2.50. The highest BCUT2D eigenvalue weighted by Gasteiger charge is 2.38. The van der Waals surface area contributed by atoms with E-state index in [0.29, 0.717) is 23.0 Å². The molecular weight excluding hydrogens is 470 g/mol. The van der Waals surface area contributed by atoms with Crippen LogP contribution >= 0.6 is 11.8 Å². The molecule has 1 fully saturated rings. The average molecular weight is 498 g/mol. The third-order valence-corrected chi connectivity index (χ3v) is 8.45. The fraction of sp³-hybridized carbons (Fsp3) is 0.333. The van der Waals surface area contributed by atoms with Crippen LogP contribution in [0, 0.1) is 5.92 Å². The first-order valence-corrected chi connectivity index (χ1v) is 13.9. The van der Waals surface area contributed by atoms with Gasteiger partial charge in [0.15, 0.2) is 0 Å². The molecule has 4 N–H and O–H groups in total. The van der Waals surface area contributed by atoms with Crippen LogP contribution in [-0.2, 0) is 14.8 Å². The molecule has 8 nitrogen and oxygen atoms in total. The predicted octanol–water partition coefficient (Wildman–Crippen LogP) is 3.55. The zero-order valence-electron chi connectivity index (χ0n) is 18.8. The van der Waals surface area contributed by atoms with E-state index >= 15 is 0 Å². The Morgan fingerprint density at radius 3 is 2.85 bits per heavy atom. The first kappa shape index (κ1) is 23.1. The normalized spacial score (nSPS) is 21.8. The molecule has 3 aromatic rings. The van der Waals surface area contributed by atoms with E-state index in [1.165, 1.54) is 12.1 Å². The summed E-state index contributed by atoms with van der Waals surface area (Å²) in [5, 5.41) is 18.7. The Labute approximate surface area is 203 Å². The first-order chi connectivity index (χ1) is 16.3.